The van der Waals surface area contributed by atoms with Gasteiger partial charge in [0.05, 0.1) is 0 Å². The maximum Gasteiger partial charge on any atom is 0.317 e. The average molecular weight is 154 g/mol. The van der Waals surface area contributed by atoms with Crippen molar-refractivity contribution in [2.75, 3.05) is 11.5 Å². The molecule has 1 aromatic rings. The number of nitrogens with two attached hydrogens (primary N) is 2. The van der Waals surface area contributed by atoms with Crippen molar-refractivity contribution in [3.05, 3.63) is 20.8 Å². The van der Waals surface area contributed by atoms with Gasteiger partial charge in [-0.2, -0.15) is 0 Å². The van der Waals surface area contributed by atoms with Gasteiger partial charge in [-0.15, -0.1) is 0 Å². The van der Waals surface area contributed by atoms with E-state index in [2.05, 4.69) is 4.98 Å². The first kappa shape index (κ1) is 7.45. The smallest absolute Gasteiger partial charge is 0.317 e. The summed E-state index contributed by atoms with van der Waals surface area (Å²) in [4.78, 5) is 23.9. The number of nitrogen functional groups attached to an aromatic ring is 2. The molecule has 6 nitrogen and oxygen atoms in total. The van der Waals surface area contributed by atoms with Crippen LogP contribution in [0.2, 0.25) is 0 Å². The molecule has 0 aliphatic heterocycles. The monoisotopic (exact) mass is 154 g/mol. The van der Waals surface area contributed by atoms with Crippen LogP contribution in [0, 0.1) is 0 Å². The van der Waals surface area contributed by atoms with E-state index in [1.54, 1.807) is 0 Å². The summed E-state index contributed by atoms with van der Waals surface area (Å²) in [5, 5.41) is 0. The Bertz CT molecular complexity index is 392. The summed E-state index contributed by atoms with van der Waals surface area (Å²) < 4.78 is 0.853. The molecule has 0 unspecified atom stereocenters. The van der Waals surface area contributed by atoms with Gasteiger partial charge < -0.3 is 15.9 Å². The van der Waals surface area contributed by atoms with E-state index >= 15 is 0 Å². The molecule has 5 N–H and O–H groups in total. The van der Waals surface area contributed by atoms with E-state index in [1.807, 2.05) is 0 Å². The van der Waals surface area contributed by atoms with Crippen LogP contribution >= 0.6 is 0 Å². The number of hydrogen-bond acceptors (Lipinski definition) is 4. The molecular formula is C4H7BN4O2. The van der Waals surface area contributed by atoms with E-state index < -0.39 is 11.2 Å². The highest BCUT2D eigenvalue weighted by atomic mass is 16.2. The third kappa shape index (κ3) is 0.998. The van der Waals surface area contributed by atoms with Crippen molar-refractivity contribution in [2.24, 2.45) is 0 Å². The zero-order valence-electron chi connectivity index (χ0n) is 5.92. The number of hydrogen-bond donors (Lipinski definition) is 3. The second kappa shape index (κ2) is 2.19. The molecule has 0 aliphatic rings. The Balaban J connectivity index is 3.74. The van der Waals surface area contributed by atoms with Crippen LogP contribution in [0.1, 0.15) is 0 Å². The molecule has 0 aromatic carbocycles. The van der Waals surface area contributed by atoms with Crippen LogP contribution in [-0.4, -0.2) is 17.4 Å². The van der Waals surface area contributed by atoms with Gasteiger partial charge >= 0.3 is 5.69 Å². The molecule has 0 saturated carbocycles. The fourth-order valence-electron chi connectivity index (χ4n) is 0.655. The van der Waals surface area contributed by atoms with Crippen LogP contribution in [0.4, 0.5) is 11.5 Å². The number of aromatic nitrogens is 2. The highest BCUT2D eigenvalue weighted by molar-refractivity contribution is 6.06. The Morgan fingerprint density at radius 1 is 1.36 bits per heavy atom. The molecule has 58 valence electrons. The van der Waals surface area contributed by atoms with Gasteiger partial charge in [-0.1, -0.05) is 0 Å². The van der Waals surface area contributed by atoms with Gasteiger partial charge in [0, 0.05) is 0 Å². The van der Waals surface area contributed by atoms with Gasteiger partial charge in [0.15, 0.2) is 0 Å². The van der Waals surface area contributed by atoms with Crippen molar-refractivity contribution in [3.8, 4) is 0 Å². The summed E-state index contributed by atoms with van der Waals surface area (Å²) in [5.41, 5.74) is 9.14. The van der Waals surface area contributed by atoms with Crippen molar-refractivity contribution in [3.63, 3.8) is 0 Å². The number of aromatic amines is 1. The molecule has 0 aliphatic carbocycles. The molecule has 1 heterocycles. The van der Waals surface area contributed by atoms with Crippen molar-refractivity contribution < 1.29 is 0 Å². The molecular weight excluding hydrogens is 147 g/mol. The topological polar surface area (TPSA) is 107 Å². The molecule has 0 radical (unpaired) electrons. The van der Waals surface area contributed by atoms with Crippen molar-refractivity contribution >= 4 is 19.5 Å². The predicted molar refractivity (Wildman–Crippen MR) is 44.1 cm³/mol. The van der Waals surface area contributed by atoms with E-state index in [9.17, 15) is 9.59 Å². The van der Waals surface area contributed by atoms with Crippen molar-refractivity contribution in [2.45, 2.75) is 0 Å². The highest BCUT2D eigenvalue weighted by Gasteiger charge is 2.03. The molecule has 0 amide bonds. The Labute approximate surface area is 62.3 Å². The Morgan fingerprint density at radius 3 is 2.45 bits per heavy atom. The zero-order valence-corrected chi connectivity index (χ0v) is 5.92. The van der Waals surface area contributed by atoms with Gasteiger partial charge in [0.1, 0.15) is 11.5 Å². The lowest BCUT2D eigenvalue weighted by Gasteiger charge is -2.00. The number of nitrogens with one attached hydrogen (secondary N) is 1. The van der Waals surface area contributed by atoms with Gasteiger partial charge in [-0.3, -0.25) is 9.78 Å². The fourth-order valence-corrected chi connectivity index (χ4v) is 0.655. The Kier molecular flexibility index (Phi) is 1.48. The third-order valence-electron chi connectivity index (χ3n) is 1.37. The largest absolute Gasteiger partial charge is 0.391 e. The molecule has 11 heavy (non-hydrogen) atoms. The molecule has 0 fully saturated rings. The zero-order chi connectivity index (χ0) is 8.59. The molecule has 0 saturated heterocycles. The van der Waals surface area contributed by atoms with Gasteiger partial charge in [-0.05, 0) is 0 Å². The predicted octanol–water partition coefficient (Wildman–Crippen LogP) is -2.90. The van der Waals surface area contributed by atoms with E-state index in [4.69, 9.17) is 11.5 Å². The summed E-state index contributed by atoms with van der Waals surface area (Å²) in [6, 6.07) is 0. The maximum absolute atomic E-state index is 10.9. The van der Waals surface area contributed by atoms with Crippen LogP contribution in [0.5, 0.6) is 0 Å². The van der Waals surface area contributed by atoms with Crippen LogP contribution in [0.15, 0.2) is 9.59 Å². The van der Waals surface area contributed by atoms with Crippen molar-refractivity contribution in [1.82, 2.24) is 9.46 Å². The molecule has 1 aromatic heterocycles. The first-order valence-electron chi connectivity index (χ1n) is 2.88. The SMILES string of the molecule is Bn1c(=O)[nH]c(N)c(N)c1=O. The number of H-pyrrole nitrogens is 1. The first-order valence-corrected chi connectivity index (χ1v) is 2.88. The molecule has 1 rings (SSSR count). The molecule has 0 bridgehead atoms. The normalized spacial score (nSPS) is 9.82. The number of nitrogens with zero attached hydrogens (tertiary/aromatic N) is 1. The van der Waals surface area contributed by atoms with Gasteiger partial charge in [0.2, 0.25) is 7.98 Å². The summed E-state index contributed by atoms with van der Waals surface area (Å²) in [6.07, 6.45) is 0. The lowest BCUT2D eigenvalue weighted by molar-refractivity contribution is 0.977. The van der Waals surface area contributed by atoms with Crippen molar-refractivity contribution in [1.29, 1.82) is 0 Å². The molecule has 0 atom stereocenters. The second-order valence-corrected chi connectivity index (χ2v) is 2.12. The summed E-state index contributed by atoms with van der Waals surface area (Å²) >= 11 is 0. The summed E-state index contributed by atoms with van der Waals surface area (Å²) in [7, 11) is 1.32. The first-order chi connectivity index (χ1) is 5.04. The van der Waals surface area contributed by atoms with E-state index in [1.165, 1.54) is 7.98 Å². The quantitative estimate of drug-likeness (QED) is 0.348. The fraction of sp³-hybridized carbons (Fsp3) is 0. The van der Waals surface area contributed by atoms with E-state index in [0.29, 0.717) is 0 Å². The average Bonchev–Trinajstić information content (AvgIpc) is 1.97. The summed E-state index contributed by atoms with van der Waals surface area (Å²) in [5.74, 6) is -0.0851. The minimum atomic E-state index is -0.578. The van der Waals surface area contributed by atoms with Crippen LogP contribution in [0.3, 0.4) is 0 Å². The Morgan fingerprint density at radius 2 is 1.91 bits per heavy atom. The van der Waals surface area contributed by atoms with Gasteiger partial charge in [0.25, 0.3) is 5.56 Å². The van der Waals surface area contributed by atoms with Crippen LogP contribution in [-0.2, 0) is 0 Å². The second-order valence-electron chi connectivity index (χ2n) is 2.12. The number of anilines is 2. The number of rotatable bonds is 0. The Hall–Kier alpha value is -1.66. The lowest BCUT2D eigenvalue weighted by atomic mass is 10.3. The maximum atomic E-state index is 10.9. The summed E-state index contributed by atoms with van der Waals surface area (Å²) in [6.45, 7) is 0. The standard InChI is InChI=1S/C4H7BN4O2/c5-9-3(10)1(6)2(7)8-4(9)11/h5-7H2,(H,8,11). The van der Waals surface area contributed by atoms with E-state index in [-0.39, 0.29) is 11.5 Å². The lowest BCUT2D eigenvalue weighted by Crippen LogP contribution is -2.36. The third-order valence-corrected chi connectivity index (χ3v) is 1.37. The van der Waals surface area contributed by atoms with Crippen LogP contribution in [0.25, 0.3) is 0 Å². The van der Waals surface area contributed by atoms with Gasteiger partial charge in [-0.25, -0.2) is 4.79 Å². The molecule has 7 heteroatoms. The van der Waals surface area contributed by atoms with Crippen LogP contribution < -0.4 is 22.7 Å². The molecule has 0 spiro atoms. The minimum Gasteiger partial charge on any atom is -0.391 e. The minimum absolute atomic E-state index is 0.0851. The highest BCUT2D eigenvalue weighted by Crippen LogP contribution is 1.97. The van der Waals surface area contributed by atoms with E-state index in [0.717, 1.165) is 4.48 Å².